The van der Waals surface area contributed by atoms with E-state index in [0.29, 0.717) is 9.88 Å². The molecule has 1 aliphatic rings. The lowest BCUT2D eigenvalue weighted by atomic mass is 10.2. The van der Waals surface area contributed by atoms with E-state index in [0.717, 1.165) is 37.0 Å². The number of nitrogens with two attached hydrogens (primary N) is 1. The summed E-state index contributed by atoms with van der Waals surface area (Å²) < 4.78 is 0. The van der Waals surface area contributed by atoms with Crippen LogP contribution < -0.4 is 10.6 Å². The Bertz CT molecular complexity index is 538. The maximum atomic E-state index is 11.3. The predicted molar refractivity (Wildman–Crippen MR) is 80.4 cm³/mol. The van der Waals surface area contributed by atoms with E-state index in [1.54, 1.807) is 11.8 Å². The van der Waals surface area contributed by atoms with Gasteiger partial charge in [-0.25, -0.2) is 0 Å². The van der Waals surface area contributed by atoms with Crippen molar-refractivity contribution in [2.45, 2.75) is 44.8 Å². The highest BCUT2D eigenvalue weighted by Gasteiger charge is 2.32. The highest BCUT2D eigenvalue weighted by Crippen LogP contribution is 2.42. The topological polar surface area (TPSA) is 110 Å². The number of aliphatic hydroxyl groups is 1. The van der Waals surface area contributed by atoms with Gasteiger partial charge in [0.15, 0.2) is 5.00 Å². The molecule has 116 valence electrons. The SMILES string of the molecule is C[C@H](O)c1cc([N+](=O)[O-])c(N(CC(N)=O)C2CCCC2)s1. The monoisotopic (exact) mass is 313 g/mol. The molecule has 1 aromatic rings. The molecule has 0 saturated heterocycles. The van der Waals surface area contributed by atoms with Crippen LogP contribution in [-0.2, 0) is 4.79 Å². The normalized spacial score (nSPS) is 16.9. The number of hydrogen-bond donors (Lipinski definition) is 2. The molecule has 1 atom stereocenters. The second kappa shape index (κ2) is 6.40. The van der Waals surface area contributed by atoms with E-state index in [2.05, 4.69) is 0 Å². The molecular formula is C13H19N3O4S. The zero-order valence-corrected chi connectivity index (χ0v) is 12.6. The van der Waals surface area contributed by atoms with Gasteiger partial charge in [0.2, 0.25) is 5.91 Å². The number of carbonyl (C=O) groups excluding carboxylic acids is 1. The second-order valence-corrected chi connectivity index (χ2v) is 6.37. The van der Waals surface area contributed by atoms with Gasteiger partial charge in [0.05, 0.1) is 17.6 Å². The second-order valence-electron chi connectivity index (χ2n) is 5.30. The number of thiophene rings is 1. The molecule has 1 aliphatic carbocycles. The summed E-state index contributed by atoms with van der Waals surface area (Å²) in [4.78, 5) is 24.4. The number of carbonyl (C=O) groups is 1. The van der Waals surface area contributed by atoms with E-state index in [1.807, 2.05) is 0 Å². The van der Waals surface area contributed by atoms with Gasteiger partial charge in [0.1, 0.15) is 0 Å². The number of primary amides is 1. The first-order chi connectivity index (χ1) is 9.90. The average Bonchev–Trinajstić information content (AvgIpc) is 3.05. The number of rotatable bonds is 6. The first-order valence-corrected chi connectivity index (χ1v) is 7.73. The van der Waals surface area contributed by atoms with Crippen LogP contribution in [0, 0.1) is 10.1 Å². The van der Waals surface area contributed by atoms with Crippen LogP contribution in [0.5, 0.6) is 0 Å². The zero-order chi connectivity index (χ0) is 15.6. The molecule has 1 aromatic heterocycles. The Balaban J connectivity index is 2.41. The Hall–Kier alpha value is -1.67. The van der Waals surface area contributed by atoms with Gasteiger partial charge in [0.25, 0.3) is 0 Å². The van der Waals surface area contributed by atoms with Gasteiger partial charge in [0, 0.05) is 17.0 Å². The van der Waals surface area contributed by atoms with Crippen molar-refractivity contribution in [3.05, 3.63) is 21.1 Å². The molecule has 8 heteroatoms. The maximum Gasteiger partial charge on any atom is 0.304 e. The van der Waals surface area contributed by atoms with Crippen LogP contribution in [0.25, 0.3) is 0 Å². The predicted octanol–water partition coefficient (Wildman–Crippen LogP) is 1.94. The van der Waals surface area contributed by atoms with Crippen LogP contribution in [0.4, 0.5) is 10.7 Å². The highest BCUT2D eigenvalue weighted by atomic mass is 32.1. The van der Waals surface area contributed by atoms with Crippen molar-refractivity contribution in [1.29, 1.82) is 0 Å². The van der Waals surface area contributed by atoms with E-state index < -0.39 is 16.9 Å². The van der Waals surface area contributed by atoms with Gasteiger partial charge in [-0.1, -0.05) is 12.8 Å². The van der Waals surface area contributed by atoms with Gasteiger partial charge in [-0.2, -0.15) is 0 Å². The smallest absolute Gasteiger partial charge is 0.304 e. The van der Waals surface area contributed by atoms with Crippen molar-refractivity contribution in [2.24, 2.45) is 5.73 Å². The lowest BCUT2D eigenvalue weighted by Crippen LogP contribution is -2.40. The third kappa shape index (κ3) is 3.51. The summed E-state index contributed by atoms with van der Waals surface area (Å²) in [7, 11) is 0. The molecule has 21 heavy (non-hydrogen) atoms. The fourth-order valence-corrected chi connectivity index (χ4v) is 3.82. The summed E-state index contributed by atoms with van der Waals surface area (Å²) in [5.41, 5.74) is 5.23. The Morgan fingerprint density at radius 1 is 1.62 bits per heavy atom. The van der Waals surface area contributed by atoms with Gasteiger partial charge >= 0.3 is 5.69 Å². The Morgan fingerprint density at radius 2 is 2.24 bits per heavy atom. The largest absolute Gasteiger partial charge is 0.388 e. The molecule has 0 unspecified atom stereocenters. The highest BCUT2D eigenvalue weighted by molar-refractivity contribution is 7.16. The first kappa shape index (κ1) is 15.7. The Kier molecular flexibility index (Phi) is 4.79. The molecule has 2 rings (SSSR count). The standard InChI is InChI=1S/C13H19N3O4S/c1-8(17)11-6-10(16(19)20)13(21-11)15(7-12(14)18)9-4-2-3-5-9/h6,8-9,17H,2-5,7H2,1H3,(H2,14,18)/t8-/m0/s1. The van der Waals surface area contributed by atoms with Gasteiger partial charge in [-0.3, -0.25) is 14.9 Å². The van der Waals surface area contributed by atoms with Crippen LogP contribution in [0.15, 0.2) is 6.07 Å². The third-order valence-corrected chi connectivity index (χ3v) is 5.01. The van der Waals surface area contributed by atoms with E-state index in [1.165, 1.54) is 6.07 Å². The van der Waals surface area contributed by atoms with Gasteiger partial charge in [-0.05, 0) is 19.8 Å². The molecule has 0 aromatic carbocycles. The Labute approximate surface area is 126 Å². The minimum atomic E-state index is -0.776. The lowest BCUT2D eigenvalue weighted by molar-refractivity contribution is -0.383. The number of anilines is 1. The van der Waals surface area contributed by atoms with E-state index >= 15 is 0 Å². The summed E-state index contributed by atoms with van der Waals surface area (Å²) in [5.74, 6) is -0.511. The maximum absolute atomic E-state index is 11.3. The zero-order valence-electron chi connectivity index (χ0n) is 11.8. The number of nitrogens with zero attached hydrogens (tertiary/aromatic N) is 2. The van der Waals surface area contributed by atoms with Crippen LogP contribution in [0.2, 0.25) is 0 Å². The minimum absolute atomic E-state index is 0.0364. The molecule has 0 spiro atoms. The van der Waals surface area contributed by atoms with E-state index in [-0.39, 0.29) is 18.3 Å². The third-order valence-electron chi connectivity index (χ3n) is 3.67. The molecule has 0 bridgehead atoms. The fraction of sp³-hybridized carbons (Fsp3) is 0.615. The molecule has 1 heterocycles. The number of hydrogen-bond acceptors (Lipinski definition) is 6. The summed E-state index contributed by atoms with van der Waals surface area (Å²) in [6.07, 6.45) is 3.10. The molecular weight excluding hydrogens is 294 g/mol. The molecule has 1 fully saturated rings. The molecule has 3 N–H and O–H groups in total. The molecule has 1 saturated carbocycles. The van der Waals surface area contributed by atoms with Gasteiger partial charge < -0.3 is 15.7 Å². The van der Waals surface area contributed by atoms with Crippen molar-refractivity contribution in [2.75, 3.05) is 11.4 Å². The summed E-state index contributed by atoms with van der Waals surface area (Å²) in [6, 6.07) is 1.48. The number of aliphatic hydroxyl groups excluding tert-OH is 1. The molecule has 7 nitrogen and oxygen atoms in total. The fourth-order valence-electron chi connectivity index (χ4n) is 2.68. The number of amides is 1. The molecule has 0 aliphatic heterocycles. The summed E-state index contributed by atoms with van der Waals surface area (Å²) >= 11 is 1.16. The lowest BCUT2D eigenvalue weighted by Gasteiger charge is -2.27. The average molecular weight is 313 g/mol. The van der Waals surface area contributed by atoms with Gasteiger partial charge in [-0.15, -0.1) is 11.3 Å². The van der Waals surface area contributed by atoms with E-state index in [9.17, 15) is 20.0 Å². The minimum Gasteiger partial charge on any atom is -0.388 e. The van der Waals surface area contributed by atoms with Crippen molar-refractivity contribution in [3.8, 4) is 0 Å². The van der Waals surface area contributed by atoms with Crippen LogP contribution >= 0.6 is 11.3 Å². The van der Waals surface area contributed by atoms with Crippen molar-refractivity contribution in [3.63, 3.8) is 0 Å². The quantitative estimate of drug-likeness (QED) is 0.616. The number of nitro groups is 1. The summed E-state index contributed by atoms with van der Waals surface area (Å²) in [5, 5.41) is 21.3. The summed E-state index contributed by atoms with van der Waals surface area (Å²) in [6.45, 7) is 1.53. The Morgan fingerprint density at radius 3 is 2.71 bits per heavy atom. The molecule has 0 radical (unpaired) electrons. The van der Waals surface area contributed by atoms with Crippen LogP contribution in [0.3, 0.4) is 0 Å². The first-order valence-electron chi connectivity index (χ1n) is 6.91. The van der Waals surface area contributed by atoms with Crippen LogP contribution in [-0.4, -0.2) is 28.5 Å². The molecule has 1 amide bonds. The van der Waals surface area contributed by atoms with Crippen molar-refractivity contribution in [1.82, 2.24) is 0 Å². The van der Waals surface area contributed by atoms with Crippen molar-refractivity contribution < 1.29 is 14.8 Å². The van der Waals surface area contributed by atoms with E-state index in [4.69, 9.17) is 5.73 Å². The van der Waals surface area contributed by atoms with Crippen LogP contribution in [0.1, 0.15) is 43.6 Å². The van der Waals surface area contributed by atoms with Crippen molar-refractivity contribution >= 4 is 27.9 Å².